The molecule has 2 nitrogen and oxygen atoms in total. The Kier molecular flexibility index (Phi) is 5.53. The molecule has 0 N–H and O–H groups in total. The minimum absolute atomic E-state index is 0.359. The lowest BCUT2D eigenvalue weighted by molar-refractivity contribution is -0.132. The van der Waals surface area contributed by atoms with Gasteiger partial charge in [0, 0.05) is 24.3 Å². The topological polar surface area (TPSA) is 20.3 Å². The summed E-state index contributed by atoms with van der Waals surface area (Å²) in [6.45, 7) is 0. The molecule has 0 aromatic rings. The number of hydrogen-bond acceptors (Lipinski definition) is 1. The molecule has 0 saturated heterocycles. The van der Waals surface area contributed by atoms with E-state index in [0.29, 0.717) is 16.8 Å². The van der Waals surface area contributed by atoms with Gasteiger partial charge in [-0.3, -0.25) is 4.79 Å². The molecular formula is C15H26BrNO. The van der Waals surface area contributed by atoms with Gasteiger partial charge in [-0.05, 0) is 25.2 Å². The molecule has 2 unspecified atom stereocenters. The third-order valence-corrected chi connectivity index (χ3v) is 5.85. The van der Waals surface area contributed by atoms with E-state index in [4.69, 9.17) is 0 Å². The second kappa shape index (κ2) is 6.93. The van der Waals surface area contributed by atoms with Gasteiger partial charge in [-0.25, -0.2) is 0 Å². The molecule has 104 valence electrons. The van der Waals surface area contributed by atoms with Crippen molar-refractivity contribution in [2.24, 2.45) is 5.92 Å². The van der Waals surface area contributed by atoms with Crippen LogP contribution in [0, 0.1) is 5.92 Å². The standard InChI is InChI=1S/C15H26BrNO/c1-17(14-9-5-4-8-13(14)16)15(18)11-10-12-6-2-3-7-12/h12-14H,2-11H2,1H3. The van der Waals surface area contributed by atoms with E-state index in [9.17, 15) is 4.79 Å². The second-order valence-corrected chi connectivity index (χ2v) is 7.24. The van der Waals surface area contributed by atoms with Crippen LogP contribution in [0.15, 0.2) is 0 Å². The summed E-state index contributed by atoms with van der Waals surface area (Å²) in [7, 11) is 2.00. The highest BCUT2D eigenvalue weighted by Gasteiger charge is 2.29. The number of alkyl halides is 1. The number of halogens is 1. The first-order chi connectivity index (χ1) is 8.68. The van der Waals surface area contributed by atoms with Crippen LogP contribution in [0.25, 0.3) is 0 Å². The Hall–Kier alpha value is -0.0500. The third-order valence-electron chi connectivity index (χ3n) is 4.78. The molecule has 0 aliphatic heterocycles. The third kappa shape index (κ3) is 3.72. The van der Waals surface area contributed by atoms with Crippen molar-refractivity contribution in [1.82, 2.24) is 4.90 Å². The SMILES string of the molecule is CN(C(=O)CCC1CCCC1)C1CCCCC1Br. The molecule has 2 aliphatic rings. The van der Waals surface area contributed by atoms with Gasteiger partial charge in [0.1, 0.15) is 0 Å². The predicted molar refractivity (Wildman–Crippen MR) is 78.9 cm³/mol. The van der Waals surface area contributed by atoms with Crippen molar-refractivity contribution in [2.75, 3.05) is 7.05 Å². The molecule has 2 rings (SSSR count). The largest absolute Gasteiger partial charge is 0.342 e. The lowest BCUT2D eigenvalue weighted by Crippen LogP contribution is -2.44. The van der Waals surface area contributed by atoms with Crippen molar-refractivity contribution in [1.29, 1.82) is 0 Å². The molecular weight excluding hydrogens is 290 g/mol. The lowest BCUT2D eigenvalue weighted by Gasteiger charge is -2.35. The van der Waals surface area contributed by atoms with E-state index in [1.165, 1.54) is 51.4 Å². The monoisotopic (exact) mass is 315 g/mol. The van der Waals surface area contributed by atoms with E-state index in [1.807, 2.05) is 11.9 Å². The maximum atomic E-state index is 12.2. The minimum Gasteiger partial charge on any atom is -0.342 e. The number of amides is 1. The predicted octanol–water partition coefficient (Wildman–Crippen LogP) is 4.12. The van der Waals surface area contributed by atoms with Gasteiger partial charge in [0.15, 0.2) is 0 Å². The Morgan fingerprint density at radius 2 is 1.72 bits per heavy atom. The average Bonchev–Trinajstić information content (AvgIpc) is 2.89. The molecule has 2 aliphatic carbocycles. The van der Waals surface area contributed by atoms with E-state index in [-0.39, 0.29) is 0 Å². The zero-order chi connectivity index (χ0) is 13.0. The Bertz CT molecular complexity index is 276. The first-order valence-electron chi connectivity index (χ1n) is 7.58. The van der Waals surface area contributed by atoms with Crippen LogP contribution in [-0.2, 0) is 4.79 Å². The number of hydrogen-bond donors (Lipinski definition) is 0. The summed E-state index contributed by atoms with van der Waals surface area (Å²) in [5, 5.41) is 0. The number of nitrogens with zero attached hydrogens (tertiary/aromatic N) is 1. The molecule has 2 fully saturated rings. The van der Waals surface area contributed by atoms with E-state index in [0.717, 1.165) is 18.8 Å². The highest BCUT2D eigenvalue weighted by atomic mass is 79.9. The van der Waals surface area contributed by atoms with E-state index >= 15 is 0 Å². The van der Waals surface area contributed by atoms with Crippen molar-refractivity contribution in [3.63, 3.8) is 0 Å². The van der Waals surface area contributed by atoms with Gasteiger partial charge < -0.3 is 4.90 Å². The fourth-order valence-electron chi connectivity index (χ4n) is 3.49. The van der Waals surface area contributed by atoms with Gasteiger partial charge >= 0.3 is 0 Å². The van der Waals surface area contributed by atoms with Crippen LogP contribution in [-0.4, -0.2) is 28.7 Å². The maximum Gasteiger partial charge on any atom is 0.222 e. The fraction of sp³-hybridized carbons (Fsp3) is 0.933. The van der Waals surface area contributed by atoms with E-state index in [2.05, 4.69) is 15.9 Å². The number of carbonyl (C=O) groups is 1. The van der Waals surface area contributed by atoms with Crippen LogP contribution >= 0.6 is 15.9 Å². The van der Waals surface area contributed by atoms with Gasteiger partial charge in [-0.1, -0.05) is 54.5 Å². The summed E-state index contributed by atoms with van der Waals surface area (Å²) < 4.78 is 0. The zero-order valence-electron chi connectivity index (χ0n) is 11.5. The van der Waals surface area contributed by atoms with Crippen LogP contribution in [0.4, 0.5) is 0 Å². The molecule has 2 atom stereocenters. The summed E-state index contributed by atoms with van der Waals surface area (Å²) in [6.07, 6.45) is 12.3. The van der Waals surface area contributed by atoms with Crippen molar-refractivity contribution in [3.8, 4) is 0 Å². The molecule has 1 amide bonds. The summed E-state index contributed by atoms with van der Waals surface area (Å²) >= 11 is 3.75. The van der Waals surface area contributed by atoms with E-state index in [1.54, 1.807) is 0 Å². The first kappa shape index (κ1) is 14.4. The lowest BCUT2D eigenvalue weighted by atomic mass is 9.93. The molecule has 3 heteroatoms. The molecule has 18 heavy (non-hydrogen) atoms. The second-order valence-electron chi connectivity index (χ2n) is 6.06. The van der Waals surface area contributed by atoms with Gasteiger partial charge in [-0.2, -0.15) is 0 Å². The van der Waals surface area contributed by atoms with Crippen molar-refractivity contribution < 1.29 is 4.79 Å². The molecule has 0 bridgehead atoms. The highest BCUT2D eigenvalue weighted by molar-refractivity contribution is 9.09. The molecule has 2 saturated carbocycles. The van der Waals surface area contributed by atoms with Crippen molar-refractivity contribution in [2.45, 2.75) is 75.1 Å². The summed E-state index contributed by atoms with van der Waals surface area (Å²) in [5.74, 6) is 1.19. The quantitative estimate of drug-likeness (QED) is 0.714. The van der Waals surface area contributed by atoms with Crippen LogP contribution in [0.3, 0.4) is 0 Å². The number of carbonyl (C=O) groups excluding carboxylic acids is 1. The molecule has 0 heterocycles. The Labute approximate surface area is 120 Å². The summed E-state index contributed by atoms with van der Waals surface area (Å²) in [6, 6.07) is 0.426. The normalized spacial score (nSPS) is 29.4. The minimum atomic E-state index is 0.359. The Balaban J connectivity index is 1.76. The molecule has 0 aromatic heterocycles. The van der Waals surface area contributed by atoms with Crippen molar-refractivity contribution in [3.05, 3.63) is 0 Å². The van der Waals surface area contributed by atoms with Gasteiger partial charge in [0.2, 0.25) is 5.91 Å². The van der Waals surface area contributed by atoms with Gasteiger partial charge in [0.05, 0.1) is 0 Å². The van der Waals surface area contributed by atoms with Crippen LogP contribution in [0.1, 0.15) is 64.2 Å². The first-order valence-corrected chi connectivity index (χ1v) is 8.50. The Morgan fingerprint density at radius 3 is 2.39 bits per heavy atom. The highest BCUT2D eigenvalue weighted by Crippen LogP contribution is 2.30. The summed E-state index contributed by atoms with van der Waals surface area (Å²) in [4.78, 5) is 14.8. The maximum absolute atomic E-state index is 12.2. The smallest absolute Gasteiger partial charge is 0.222 e. The van der Waals surface area contributed by atoms with Gasteiger partial charge in [-0.15, -0.1) is 0 Å². The van der Waals surface area contributed by atoms with Crippen molar-refractivity contribution >= 4 is 21.8 Å². The Morgan fingerprint density at radius 1 is 1.11 bits per heavy atom. The molecule has 0 radical (unpaired) electrons. The average molecular weight is 316 g/mol. The van der Waals surface area contributed by atoms with Crippen LogP contribution < -0.4 is 0 Å². The van der Waals surface area contributed by atoms with E-state index < -0.39 is 0 Å². The molecule has 0 aromatic carbocycles. The molecule has 0 spiro atoms. The van der Waals surface area contributed by atoms with Crippen LogP contribution in [0.2, 0.25) is 0 Å². The zero-order valence-corrected chi connectivity index (χ0v) is 13.1. The number of rotatable bonds is 4. The van der Waals surface area contributed by atoms with Gasteiger partial charge in [0.25, 0.3) is 0 Å². The fourth-order valence-corrected chi connectivity index (χ4v) is 4.43. The summed E-state index contributed by atoms with van der Waals surface area (Å²) in [5.41, 5.74) is 0. The van der Waals surface area contributed by atoms with Crippen LogP contribution in [0.5, 0.6) is 0 Å².